The van der Waals surface area contributed by atoms with Gasteiger partial charge in [-0.3, -0.25) is 0 Å². The Labute approximate surface area is 229 Å². The highest BCUT2D eigenvalue weighted by molar-refractivity contribution is 5.75. The van der Waals surface area contributed by atoms with Crippen LogP contribution in [0.2, 0.25) is 0 Å². The van der Waals surface area contributed by atoms with Crippen LogP contribution in [0.3, 0.4) is 0 Å². The van der Waals surface area contributed by atoms with Gasteiger partial charge in [0.2, 0.25) is 0 Å². The summed E-state index contributed by atoms with van der Waals surface area (Å²) >= 11 is 0. The Bertz CT molecular complexity index is 1290. The van der Waals surface area contributed by atoms with E-state index in [2.05, 4.69) is 58.9 Å². The smallest absolute Gasteiger partial charge is 0.337 e. The van der Waals surface area contributed by atoms with Gasteiger partial charge in [0.1, 0.15) is 32.2 Å². The lowest BCUT2D eigenvalue weighted by Gasteiger charge is -2.30. The highest BCUT2D eigenvalue weighted by Gasteiger charge is 2.56. The Morgan fingerprint density at radius 2 is 1.33 bits per heavy atom. The van der Waals surface area contributed by atoms with Crippen LogP contribution in [0.1, 0.15) is 73.9 Å². The Hall–Kier alpha value is -2.49. The highest BCUT2D eigenvalue weighted by atomic mass is 17.2. The van der Waals surface area contributed by atoms with Crippen LogP contribution in [-0.2, 0) is 44.9 Å². The first-order valence-corrected chi connectivity index (χ1v) is 13.8. The largest absolute Gasteiger partial charge is 0.425 e. The standard InChI is InChI=1S/C31H38O8/c1-18-9-20-22(11-24(18)38-26(32)13-34-28-15-36-28)31(16-29(20,3)4)17-30(5,6)21-10-19(2)25(12-23(21)31)39-37-8-7-33-27-14-35-27/h9-12,27-28H,7-8,13-17H2,1-6H3. The Kier molecular flexibility index (Phi) is 6.55. The number of benzene rings is 2. The van der Waals surface area contributed by atoms with E-state index >= 15 is 0 Å². The van der Waals surface area contributed by atoms with Crippen LogP contribution in [0.15, 0.2) is 24.3 Å². The maximum Gasteiger partial charge on any atom is 0.337 e. The van der Waals surface area contributed by atoms with Crippen molar-refractivity contribution >= 4 is 5.97 Å². The summed E-state index contributed by atoms with van der Waals surface area (Å²) in [6.45, 7) is 15.0. The molecule has 210 valence electrons. The van der Waals surface area contributed by atoms with Gasteiger partial charge in [-0.2, -0.15) is 4.89 Å². The zero-order valence-electron chi connectivity index (χ0n) is 23.7. The van der Waals surface area contributed by atoms with Crippen LogP contribution >= 0.6 is 0 Å². The van der Waals surface area contributed by atoms with Gasteiger partial charge in [0.25, 0.3) is 0 Å². The number of carbonyl (C=O) groups is 1. The van der Waals surface area contributed by atoms with E-state index in [1.807, 2.05) is 6.92 Å². The van der Waals surface area contributed by atoms with Gasteiger partial charge in [0.15, 0.2) is 18.3 Å². The maximum atomic E-state index is 12.6. The number of epoxide rings is 2. The fourth-order valence-corrected chi connectivity index (χ4v) is 6.68. The molecule has 8 nitrogen and oxygen atoms in total. The molecule has 0 radical (unpaired) electrons. The molecule has 8 heteroatoms. The Morgan fingerprint density at radius 1 is 0.795 bits per heavy atom. The normalized spacial score (nSPS) is 26.8. The maximum absolute atomic E-state index is 12.6. The van der Waals surface area contributed by atoms with Crippen molar-refractivity contribution in [2.45, 2.75) is 83.2 Å². The lowest BCUT2D eigenvalue weighted by Crippen LogP contribution is -2.27. The van der Waals surface area contributed by atoms with E-state index in [1.165, 1.54) is 22.3 Å². The second-order valence-electron chi connectivity index (χ2n) is 12.6. The molecule has 0 amide bonds. The van der Waals surface area contributed by atoms with E-state index in [-0.39, 0.29) is 35.4 Å². The van der Waals surface area contributed by atoms with Gasteiger partial charge >= 0.3 is 5.97 Å². The molecule has 0 aromatic heterocycles. The summed E-state index contributed by atoms with van der Waals surface area (Å²) in [6.07, 6.45) is 1.51. The van der Waals surface area contributed by atoms with Gasteiger partial charge in [-0.05, 0) is 83.0 Å². The Balaban J connectivity index is 1.33. The Morgan fingerprint density at radius 3 is 1.92 bits per heavy atom. The monoisotopic (exact) mass is 538 g/mol. The third kappa shape index (κ3) is 5.09. The second-order valence-corrected chi connectivity index (χ2v) is 12.6. The van der Waals surface area contributed by atoms with Crippen molar-refractivity contribution in [1.82, 2.24) is 0 Å². The first-order valence-electron chi connectivity index (χ1n) is 13.8. The number of hydrogen-bond acceptors (Lipinski definition) is 8. The molecule has 2 heterocycles. The molecule has 4 aliphatic rings. The first-order chi connectivity index (χ1) is 18.5. The fraction of sp³-hybridized carbons (Fsp3) is 0.581. The summed E-state index contributed by atoms with van der Waals surface area (Å²) in [5, 5.41) is 0. The highest BCUT2D eigenvalue weighted by Crippen LogP contribution is 2.64. The molecule has 6 rings (SSSR count). The molecule has 3 unspecified atom stereocenters. The molecule has 2 aromatic carbocycles. The third-order valence-corrected chi connectivity index (χ3v) is 8.44. The predicted octanol–water partition coefficient (Wildman–Crippen LogP) is 4.91. The SMILES string of the molecule is Cc1cc2c(cc1OOCCOC1CO1)C1(CC2(C)C)CC(C)(C)c2cc(C)c(OC(=O)COC3CO3)cc21. The summed E-state index contributed by atoms with van der Waals surface area (Å²) in [5.41, 5.74) is 6.70. The summed E-state index contributed by atoms with van der Waals surface area (Å²) in [7, 11) is 0. The van der Waals surface area contributed by atoms with E-state index in [4.69, 9.17) is 33.5 Å². The number of hydrogen-bond donors (Lipinski definition) is 0. The molecular formula is C31H38O8. The van der Waals surface area contributed by atoms with Crippen LogP contribution in [0.5, 0.6) is 11.5 Å². The lowest BCUT2D eigenvalue weighted by atomic mass is 9.72. The average Bonchev–Trinajstić information content (AvgIpc) is 3.78. The van der Waals surface area contributed by atoms with Crippen LogP contribution in [0.25, 0.3) is 0 Å². The number of fused-ring (bicyclic) bond motifs is 4. The minimum Gasteiger partial charge on any atom is -0.425 e. The topological polar surface area (TPSA) is 88.3 Å². The van der Waals surface area contributed by atoms with Gasteiger partial charge in [0, 0.05) is 5.41 Å². The van der Waals surface area contributed by atoms with E-state index in [1.54, 1.807) is 0 Å². The third-order valence-electron chi connectivity index (χ3n) is 8.44. The predicted molar refractivity (Wildman–Crippen MR) is 142 cm³/mol. The van der Waals surface area contributed by atoms with Crippen LogP contribution in [-0.4, -0.2) is 51.6 Å². The van der Waals surface area contributed by atoms with Crippen molar-refractivity contribution in [2.75, 3.05) is 33.0 Å². The van der Waals surface area contributed by atoms with Crippen molar-refractivity contribution in [2.24, 2.45) is 0 Å². The summed E-state index contributed by atoms with van der Waals surface area (Å²) < 4.78 is 26.7. The molecule has 2 saturated heterocycles. The molecule has 0 bridgehead atoms. The summed E-state index contributed by atoms with van der Waals surface area (Å²) in [6, 6.07) is 8.68. The van der Waals surface area contributed by atoms with Gasteiger partial charge < -0.3 is 28.6 Å². The van der Waals surface area contributed by atoms with E-state index in [0.29, 0.717) is 37.9 Å². The average molecular weight is 539 g/mol. The van der Waals surface area contributed by atoms with Crippen molar-refractivity contribution in [1.29, 1.82) is 0 Å². The summed E-state index contributed by atoms with van der Waals surface area (Å²) in [5.74, 6) is 0.861. The minimum atomic E-state index is -0.423. The molecule has 3 atom stereocenters. The second kappa shape index (κ2) is 9.56. The number of carbonyl (C=O) groups excluding carboxylic acids is 1. The molecule has 2 aliphatic heterocycles. The van der Waals surface area contributed by atoms with Crippen LogP contribution < -0.4 is 9.62 Å². The molecule has 1 spiro atoms. The van der Waals surface area contributed by atoms with Crippen molar-refractivity contribution in [3.05, 3.63) is 57.6 Å². The van der Waals surface area contributed by atoms with Gasteiger partial charge in [-0.25, -0.2) is 4.79 Å². The molecule has 0 N–H and O–H groups in total. The van der Waals surface area contributed by atoms with Crippen molar-refractivity contribution < 1.29 is 38.3 Å². The van der Waals surface area contributed by atoms with Crippen LogP contribution in [0, 0.1) is 13.8 Å². The van der Waals surface area contributed by atoms with Crippen LogP contribution in [0.4, 0.5) is 0 Å². The molecular weight excluding hydrogens is 500 g/mol. The number of esters is 1. The minimum absolute atomic E-state index is 0.0465. The van der Waals surface area contributed by atoms with Gasteiger partial charge in [-0.1, -0.05) is 39.8 Å². The molecule has 2 aliphatic carbocycles. The summed E-state index contributed by atoms with van der Waals surface area (Å²) in [4.78, 5) is 23.9. The van der Waals surface area contributed by atoms with E-state index < -0.39 is 5.97 Å². The van der Waals surface area contributed by atoms with Gasteiger partial charge in [0.05, 0.1) is 6.61 Å². The molecule has 0 saturated carbocycles. The lowest BCUT2D eigenvalue weighted by molar-refractivity contribution is -0.217. The van der Waals surface area contributed by atoms with Gasteiger partial charge in [-0.15, -0.1) is 0 Å². The van der Waals surface area contributed by atoms with E-state index in [0.717, 1.165) is 24.0 Å². The quantitative estimate of drug-likeness (QED) is 0.105. The first kappa shape index (κ1) is 26.7. The number of ether oxygens (including phenoxy) is 5. The molecule has 39 heavy (non-hydrogen) atoms. The van der Waals surface area contributed by atoms with Crippen molar-refractivity contribution in [3.8, 4) is 11.5 Å². The zero-order valence-corrected chi connectivity index (χ0v) is 23.7. The zero-order chi connectivity index (χ0) is 27.6. The number of rotatable bonds is 10. The fourth-order valence-electron chi connectivity index (χ4n) is 6.68. The number of aryl methyl sites for hydroxylation is 2. The molecule has 2 fully saturated rings. The van der Waals surface area contributed by atoms with E-state index in [9.17, 15) is 4.79 Å². The molecule has 2 aromatic rings. The van der Waals surface area contributed by atoms with Crippen molar-refractivity contribution in [3.63, 3.8) is 0 Å².